The third-order valence-corrected chi connectivity index (χ3v) is 5.18. The Bertz CT molecular complexity index is 640. The summed E-state index contributed by atoms with van der Waals surface area (Å²) >= 11 is 1.87. The van der Waals surface area contributed by atoms with E-state index in [4.69, 9.17) is 0 Å². The summed E-state index contributed by atoms with van der Waals surface area (Å²) < 4.78 is 0. The minimum Gasteiger partial charge on any atom is -0.507 e. The van der Waals surface area contributed by atoms with Gasteiger partial charge in [-0.3, -0.25) is 0 Å². The van der Waals surface area contributed by atoms with E-state index >= 15 is 0 Å². The molecular weight excluding hydrogens is 312 g/mol. The second kappa shape index (κ2) is 7.23. The van der Waals surface area contributed by atoms with Gasteiger partial charge in [0.15, 0.2) is 0 Å². The summed E-state index contributed by atoms with van der Waals surface area (Å²) in [6.45, 7) is 13.0. The molecule has 2 heteroatoms. The number of rotatable bonds is 4. The van der Waals surface area contributed by atoms with Crippen LogP contribution in [0.5, 0.6) is 5.75 Å². The zero-order valence-corrected chi connectivity index (χ0v) is 16.6. The maximum absolute atomic E-state index is 10.8. The van der Waals surface area contributed by atoms with Gasteiger partial charge in [-0.15, -0.1) is 11.8 Å². The van der Waals surface area contributed by atoms with Gasteiger partial charge in [0, 0.05) is 21.8 Å². The molecule has 1 N–H and O–H groups in total. The fraction of sp³-hybridized carbons (Fsp3) is 0.455. The standard InChI is InChI=1S/C22H30OS/c1-21(2,3)18-14-17(15-19(20(18)23)22(4,5)6)24-13-12-16-10-8-7-9-11-16/h7-11,14-15,23H,12-13H2,1-6H3. The molecule has 0 saturated carbocycles. The van der Waals surface area contributed by atoms with Crippen LogP contribution in [-0.2, 0) is 17.3 Å². The van der Waals surface area contributed by atoms with Crippen LogP contribution in [0.3, 0.4) is 0 Å². The Labute approximate surface area is 151 Å². The summed E-state index contributed by atoms with van der Waals surface area (Å²) in [6, 6.07) is 14.9. The van der Waals surface area contributed by atoms with Gasteiger partial charge in [0.05, 0.1) is 0 Å². The lowest BCUT2D eigenvalue weighted by atomic mass is 9.79. The van der Waals surface area contributed by atoms with E-state index in [0.29, 0.717) is 5.75 Å². The van der Waals surface area contributed by atoms with Crippen LogP contribution in [0.15, 0.2) is 47.4 Å². The molecule has 2 aromatic carbocycles. The SMILES string of the molecule is CC(C)(C)c1cc(SCCc2ccccc2)cc(C(C)(C)C)c1O. The summed E-state index contributed by atoms with van der Waals surface area (Å²) in [5.41, 5.74) is 3.31. The number of hydrogen-bond donors (Lipinski definition) is 1. The molecule has 0 saturated heterocycles. The largest absolute Gasteiger partial charge is 0.507 e. The Morgan fingerprint density at radius 2 is 1.33 bits per heavy atom. The van der Waals surface area contributed by atoms with Gasteiger partial charge in [0.1, 0.15) is 5.75 Å². The summed E-state index contributed by atoms with van der Waals surface area (Å²) in [6.07, 6.45) is 1.06. The summed E-state index contributed by atoms with van der Waals surface area (Å²) in [7, 11) is 0. The van der Waals surface area contributed by atoms with Gasteiger partial charge in [0.25, 0.3) is 0 Å². The van der Waals surface area contributed by atoms with Crippen LogP contribution in [0, 0.1) is 0 Å². The second-order valence-electron chi connectivity index (χ2n) is 8.45. The van der Waals surface area contributed by atoms with Crippen LogP contribution in [0.4, 0.5) is 0 Å². The highest BCUT2D eigenvalue weighted by Gasteiger charge is 2.26. The predicted octanol–water partition coefficient (Wildman–Crippen LogP) is 6.32. The molecule has 0 aliphatic carbocycles. The van der Waals surface area contributed by atoms with Gasteiger partial charge in [-0.1, -0.05) is 71.9 Å². The number of aromatic hydroxyl groups is 1. The monoisotopic (exact) mass is 342 g/mol. The van der Waals surface area contributed by atoms with Crippen molar-refractivity contribution in [3.63, 3.8) is 0 Å². The van der Waals surface area contributed by atoms with Crippen LogP contribution in [-0.4, -0.2) is 10.9 Å². The molecule has 0 aromatic heterocycles. The summed E-state index contributed by atoms with van der Waals surface area (Å²) in [5, 5.41) is 10.8. The van der Waals surface area contributed by atoms with Crippen LogP contribution < -0.4 is 0 Å². The summed E-state index contributed by atoms with van der Waals surface area (Å²) in [5.74, 6) is 1.50. The molecule has 0 radical (unpaired) electrons. The molecule has 0 fully saturated rings. The van der Waals surface area contributed by atoms with Crippen molar-refractivity contribution in [1.82, 2.24) is 0 Å². The lowest BCUT2D eigenvalue weighted by Crippen LogP contribution is -2.17. The first-order valence-electron chi connectivity index (χ1n) is 8.64. The van der Waals surface area contributed by atoms with Gasteiger partial charge < -0.3 is 5.11 Å². The Kier molecular flexibility index (Phi) is 5.70. The Morgan fingerprint density at radius 3 is 1.79 bits per heavy atom. The Morgan fingerprint density at radius 1 is 0.833 bits per heavy atom. The minimum absolute atomic E-state index is 0.0694. The van der Waals surface area contributed by atoms with Crippen molar-refractivity contribution in [2.24, 2.45) is 0 Å². The lowest BCUT2D eigenvalue weighted by Gasteiger charge is -2.28. The van der Waals surface area contributed by atoms with Crippen molar-refractivity contribution >= 4 is 11.8 Å². The van der Waals surface area contributed by atoms with Gasteiger partial charge >= 0.3 is 0 Å². The lowest BCUT2D eigenvalue weighted by molar-refractivity contribution is 0.422. The number of benzene rings is 2. The molecule has 1 nitrogen and oxygen atoms in total. The quantitative estimate of drug-likeness (QED) is 0.656. The van der Waals surface area contributed by atoms with E-state index in [-0.39, 0.29) is 10.8 Å². The molecule has 0 bridgehead atoms. The normalized spacial score (nSPS) is 12.4. The molecular formula is C22H30OS. The first-order chi connectivity index (χ1) is 11.1. The molecule has 24 heavy (non-hydrogen) atoms. The molecule has 130 valence electrons. The van der Waals surface area contributed by atoms with Crippen molar-refractivity contribution in [3.05, 3.63) is 59.2 Å². The van der Waals surface area contributed by atoms with E-state index in [1.807, 2.05) is 11.8 Å². The Balaban J connectivity index is 2.26. The smallest absolute Gasteiger partial charge is 0.123 e. The highest BCUT2D eigenvalue weighted by Crippen LogP contribution is 2.41. The zero-order chi connectivity index (χ0) is 18.0. The van der Waals surface area contributed by atoms with Gasteiger partial charge in [-0.2, -0.15) is 0 Å². The van der Waals surface area contributed by atoms with Crippen molar-refractivity contribution in [1.29, 1.82) is 0 Å². The Hall–Kier alpha value is -1.41. The van der Waals surface area contributed by atoms with Gasteiger partial charge in [-0.25, -0.2) is 0 Å². The third kappa shape index (κ3) is 4.80. The van der Waals surface area contributed by atoms with E-state index in [2.05, 4.69) is 84.0 Å². The summed E-state index contributed by atoms with van der Waals surface area (Å²) in [4.78, 5) is 1.25. The topological polar surface area (TPSA) is 20.2 Å². The molecule has 2 rings (SSSR count). The molecule has 0 aliphatic rings. The maximum Gasteiger partial charge on any atom is 0.123 e. The van der Waals surface area contributed by atoms with E-state index in [1.54, 1.807) is 0 Å². The average Bonchev–Trinajstić information content (AvgIpc) is 2.47. The van der Waals surface area contributed by atoms with Crippen molar-refractivity contribution in [2.75, 3.05) is 5.75 Å². The van der Waals surface area contributed by atoms with Crippen LogP contribution in [0.25, 0.3) is 0 Å². The fourth-order valence-electron chi connectivity index (χ4n) is 2.77. The first-order valence-corrected chi connectivity index (χ1v) is 9.62. The van der Waals surface area contributed by atoms with E-state index in [9.17, 15) is 5.11 Å². The number of phenolic OH excluding ortho intramolecular Hbond substituents is 1. The van der Waals surface area contributed by atoms with Gasteiger partial charge in [0.2, 0.25) is 0 Å². The predicted molar refractivity (Wildman–Crippen MR) is 106 cm³/mol. The van der Waals surface area contributed by atoms with Crippen LogP contribution >= 0.6 is 11.8 Å². The molecule has 2 aromatic rings. The third-order valence-electron chi connectivity index (χ3n) is 4.20. The first kappa shape index (κ1) is 18.9. The highest BCUT2D eigenvalue weighted by molar-refractivity contribution is 7.99. The highest BCUT2D eigenvalue weighted by atomic mass is 32.2. The maximum atomic E-state index is 10.8. The average molecular weight is 343 g/mol. The van der Waals surface area contributed by atoms with E-state index in [1.165, 1.54) is 10.5 Å². The number of phenols is 1. The molecule has 0 spiro atoms. The van der Waals surface area contributed by atoms with Crippen LogP contribution in [0.1, 0.15) is 58.2 Å². The fourth-order valence-corrected chi connectivity index (χ4v) is 3.74. The molecule has 0 aliphatic heterocycles. The zero-order valence-electron chi connectivity index (χ0n) is 15.8. The van der Waals surface area contributed by atoms with Gasteiger partial charge in [-0.05, 0) is 34.9 Å². The minimum atomic E-state index is -0.0694. The number of aryl methyl sites for hydroxylation is 1. The van der Waals surface area contributed by atoms with Crippen LogP contribution in [0.2, 0.25) is 0 Å². The number of hydrogen-bond acceptors (Lipinski definition) is 2. The van der Waals surface area contributed by atoms with E-state index < -0.39 is 0 Å². The molecule has 0 amide bonds. The second-order valence-corrected chi connectivity index (χ2v) is 9.62. The van der Waals surface area contributed by atoms with Crippen molar-refractivity contribution in [3.8, 4) is 5.75 Å². The molecule has 0 atom stereocenters. The number of thioether (sulfide) groups is 1. The van der Waals surface area contributed by atoms with E-state index in [0.717, 1.165) is 23.3 Å². The van der Waals surface area contributed by atoms with Crippen molar-refractivity contribution < 1.29 is 5.11 Å². The molecule has 0 heterocycles. The van der Waals surface area contributed by atoms with Crippen molar-refractivity contribution in [2.45, 2.75) is 63.7 Å². The molecule has 0 unspecified atom stereocenters.